The van der Waals surface area contributed by atoms with Crippen LogP contribution in [0.4, 0.5) is 11.4 Å². The van der Waals surface area contributed by atoms with Crippen molar-refractivity contribution in [2.45, 2.75) is 25.7 Å². The average Bonchev–Trinajstić information content (AvgIpc) is 3.00. The molecule has 1 heterocycles. The van der Waals surface area contributed by atoms with Gasteiger partial charge in [-0.2, -0.15) is 0 Å². The summed E-state index contributed by atoms with van der Waals surface area (Å²) in [6, 6.07) is 14.5. The third kappa shape index (κ3) is 1.60. The number of aryl methyl sites for hydroxylation is 2. The quantitative estimate of drug-likeness (QED) is 0.758. The maximum absolute atomic E-state index is 12.3. The molecule has 2 aromatic carbocycles. The number of nitrogens with zero attached hydrogens (tertiary/aromatic N) is 1. The number of hydrogen-bond acceptors (Lipinski definition) is 1. The SMILES string of the molecule is O=C1Cc2ccccc2N1c1ccc2c(c1)CCC2. The molecule has 2 aromatic rings. The van der Waals surface area contributed by atoms with E-state index in [-0.39, 0.29) is 5.91 Å². The molecule has 0 saturated carbocycles. The molecule has 0 unspecified atom stereocenters. The van der Waals surface area contributed by atoms with E-state index in [4.69, 9.17) is 0 Å². The number of hydrogen-bond donors (Lipinski definition) is 0. The summed E-state index contributed by atoms with van der Waals surface area (Å²) < 4.78 is 0. The summed E-state index contributed by atoms with van der Waals surface area (Å²) in [5, 5.41) is 0. The molecule has 1 aliphatic carbocycles. The molecule has 0 saturated heterocycles. The van der Waals surface area contributed by atoms with Gasteiger partial charge in [-0.1, -0.05) is 24.3 Å². The zero-order valence-electron chi connectivity index (χ0n) is 10.7. The first-order valence-corrected chi connectivity index (χ1v) is 6.85. The van der Waals surface area contributed by atoms with E-state index in [1.165, 1.54) is 24.0 Å². The highest BCUT2D eigenvalue weighted by Gasteiger charge is 2.28. The standard InChI is InChI=1S/C17H15NO/c19-17-11-14-4-1-2-7-16(14)18(17)15-9-8-12-5-3-6-13(12)10-15/h1-2,4,7-10H,3,5-6,11H2. The molecule has 0 spiro atoms. The Kier molecular flexibility index (Phi) is 2.25. The van der Waals surface area contributed by atoms with E-state index in [1.807, 2.05) is 29.2 Å². The van der Waals surface area contributed by atoms with Crippen molar-refractivity contribution in [1.29, 1.82) is 0 Å². The van der Waals surface area contributed by atoms with Gasteiger partial charge in [-0.3, -0.25) is 9.69 Å². The number of rotatable bonds is 1. The minimum absolute atomic E-state index is 0.180. The lowest BCUT2D eigenvalue weighted by molar-refractivity contribution is -0.116. The van der Waals surface area contributed by atoms with Crippen molar-refractivity contribution in [2.24, 2.45) is 0 Å². The monoisotopic (exact) mass is 249 g/mol. The Morgan fingerprint density at radius 2 is 1.74 bits per heavy atom. The Labute approximate surface area is 112 Å². The van der Waals surface area contributed by atoms with Crippen LogP contribution < -0.4 is 4.90 Å². The van der Waals surface area contributed by atoms with Crippen LogP contribution >= 0.6 is 0 Å². The second-order valence-electron chi connectivity index (χ2n) is 5.34. The molecular weight excluding hydrogens is 234 g/mol. The van der Waals surface area contributed by atoms with Gasteiger partial charge in [0.15, 0.2) is 0 Å². The molecule has 0 N–H and O–H groups in total. The first kappa shape index (κ1) is 10.8. The molecule has 0 bridgehead atoms. The molecule has 1 amide bonds. The van der Waals surface area contributed by atoms with Crippen LogP contribution in [-0.2, 0) is 24.1 Å². The van der Waals surface area contributed by atoms with Gasteiger partial charge in [-0.25, -0.2) is 0 Å². The number of para-hydroxylation sites is 1. The van der Waals surface area contributed by atoms with Crippen molar-refractivity contribution < 1.29 is 4.79 Å². The van der Waals surface area contributed by atoms with Gasteiger partial charge >= 0.3 is 0 Å². The van der Waals surface area contributed by atoms with Gasteiger partial charge in [0, 0.05) is 5.69 Å². The van der Waals surface area contributed by atoms with Crippen molar-refractivity contribution in [1.82, 2.24) is 0 Å². The molecule has 0 aromatic heterocycles. The van der Waals surface area contributed by atoms with Gasteiger partial charge in [-0.05, 0) is 54.2 Å². The summed E-state index contributed by atoms with van der Waals surface area (Å²) in [6.07, 6.45) is 4.09. The van der Waals surface area contributed by atoms with Gasteiger partial charge in [0.25, 0.3) is 0 Å². The maximum Gasteiger partial charge on any atom is 0.236 e. The molecule has 2 aliphatic rings. The highest BCUT2D eigenvalue weighted by molar-refractivity contribution is 6.07. The summed E-state index contributed by atoms with van der Waals surface area (Å²) in [7, 11) is 0. The minimum Gasteiger partial charge on any atom is -0.280 e. The topological polar surface area (TPSA) is 20.3 Å². The third-order valence-electron chi connectivity index (χ3n) is 4.16. The molecule has 0 fully saturated rings. The van der Waals surface area contributed by atoms with Gasteiger partial charge in [0.2, 0.25) is 5.91 Å². The van der Waals surface area contributed by atoms with E-state index in [1.54, 1.807) is 0 Å². The number of fused-ring (bicyclic) bond motifs is 2. The number of carbonyl (C=O) groups is 1. The van der Waals surface area contributed by atoms with Gasteiger partial charge in [-0.15, -0.1) is 0 Å². The lowest BCUT2D eigenvalue weighted by Crippen LogP contribution is -2.20. The van der Waals surface area contributed by atoms with Gasteiger partial charge in [0.05, 0.1) is 12.1 Å². The van der Waals surface area contributed by atoms with Gasteiger partial charge < -0.3 is 0 Å². The number of anilines is 2. The lowest BCUT2D eigenvalue weighted by atomic mass is 10.1. The summed E-state index contributed by atoms with van der Waals surface area (Å²) in [5.41, 5.74) is 6.06. The molecule has 94 valence electrons. The first-order chi connectivity index (χ1) is 9.33. The van der Waals surface area contributed by atoms with E-state index in [9.17, 15) is 4.79 Å². The summed E-state index contributed by atoms with van der Waals surface area (Å²) in [5.74, 6) is 0.180. The number of benzene rings is 2. The molecule has 0 radical (unpaired) electrons. The fourth-order valence-corrected chi connectivity index (χ4v) is 3.24. The Morgan fingerprint density at radius 1 is 0.895 bits per heavy atom. The van der Waals surface area contributed by atoms with Crippen LogP contribution in [0.2, 0.25) is 0 Å². The van der Waals surface area contributed by atoms with Crippen molar-refractivity contribution in [3.63, 3.8) is 0 Å². The zero-order chi connectivity index (χ0) is 12.8. The number of carbonyl (C=O) groups excluding carboxylic acids is 1. The van der Waals surface area contributed by atoms with Crippen LogP contribution in [0.1, 0.15) is 23.1 Å². The smallest absolute Gasteiger partial charge is 0.236 e. The van der Waals surface area contributed by atoms with E-state index >= 15 is 0 Å². The second kappa shape index (κ2) is 3.95. The van der Waals surface area contributed by atoms with Crippen LogP contribution in [0.3, 0.4) is 0 Å². The van der Waals surface area contributed by atoms with Crippen LogP contribution in [0.15, 0.2) is 42.5 Å². The second-order valence-corrected chi connectivity index (χ2v) is 5.34. The van der Waals surface area contributed by atoms with Crippen molar-refractivity contribution in [2.75, 3.05) is 4.90 Å². The molecule has 19 heavy (non-hydrogen) atoms. The van der Waals surface area contributed by atoms with Crippen molar-refractivity contribution in [3.8, 4) is 0 Å². The maximum atomic E-state index is 12.3. The lowest BCUT2D eigenvalue weighted by Gasteiger charge is -2.18. The third-order valence-corrected chi connectivity index (χ3v) is 4.16. The molecule has 2 heteroatoms. The Balaban J connectivity index is 1.82. The Hall–Kier alpha value is -2.09. The predicted octanol–water partition coefficient (Wildman–Crippen LogP) is 3.40. The van der Waals surface area contributed by atoms with E-state index in [0.29, 0.717) is 6.42 Å². The van der Waals surface area contributed by atoms with Crippen LogP contribution in [0, 0.1) is 0 Å². The van der Waals surface area contributed by atoms with Crippen molar-refractivity contribution in [3.05, 3.63) is 59.2 Å². The normalized spacial score (nSPS) is 16.6. The highest BCUT2D eigenvalue weighted by Crippen LogP contribution is 2.37. The van der Waals surface area contributed by atoms with Crippen LogP contribution in [0.25, 0.3) is 0 Å². The van der Waals surface area contributed by atoms with Crippen LogP contribution in [-0.4, -0.2) is 5.91 Å². The number of amides is 1. The molecule has 0 atom stereocenters. The molecule has 1 aliphatic heterocycles. The minimum atomic E-state index is 0.180. The van der Waals surface area contributed by atoms with E-state index in [2.05, 4.69) is 18.2 Å². The average molecular weight is 249 g/mol. The van der Waals surface area contributed by atoms with Crippen LogP contribution in [0.5, 0.6) is 0 Å². The van der Waals surface area contributed by atoms with Crippen molar-refractivity contribution >= 4 is 17.3 Å². The summed E-state index contributed by atoms with van der Waals surface area (Å²) in [4.78, 5) is 14.1. The molecule has 2 nitrogen and oxygen atoms in total. The predicted molar refractivity (Wildman–Crippen MR) is 75.8 cm³/mol. The first-order valence-electron chi connectivity index (χ1n) is 6.85. The van der Waals surface area contributed by atoms with Gasteiger partial charge in [0.1, 0.15) is 0 Å². The molecular formula is C17H15NO. The fraction of sp³-hybridized carbons (Fsp3) is 0.235. The molecule has 4 rings (SSSR count). The fourth-order valence-electron chi connectivity index (χ4n) is 3.24. The van der Waals surface area contributed by atoms with E-state index in [0.717, 1.165) is 23.4 Å². The summed E-state index contributed by atoms with van der Waals surface area (Å²) in [6.45, 7) is 0. The zero-order valence-corrected chi connectivity index (χ0v) is 10.7. The highest BCUT2D eigenvalue weighted by atomic mass is 16.2. The Bertz CT molecular complexity index is 675. The summed E-state index contributed by atoms with van der Waals surface area (Å²) >= 11 is 0. The Morgan fingerprint density at radius 3 is 2.68 bits per heavy atom. The van der Waals surface area contributed by atoms with E-state index < -0.39 is 0 Å². The largest absolute Gasteiger partial charge is 0.280 e.